The molecule has 0 spiro atoms. The summed E-state index contributed by atoms with van der Waals surface area (Å²) in [7, 11) is 4.06. The molecule has 1 saturated heterocycles. The molecule has 6 nitrogen and oxygen atoms in total. The van der Waals surface area contributed by atoms with E-state index in [-0.39, 0.29) is 11.8 Å². The lowest BCUT2D eigenvalue weighted by Crippen LogP contribution is -2.29. The van der Waals surface area contributed by atoms with Gasteiger partial charge in [-0.15, -0.1) is 0 Å². The zero-order chi connectivity index (χ0) is 18.7. The van der Waals surface area contributed by atoms with Crippen LogP contribution in [0.2, 0.25) is 0 Å². The van der Waals surface area contributed by atoms with Crippen molar-refractivity contribution in [3.8, 4) is 5.88 Å². The molecule has 1 aliphatic rings. The lowest BCUT2D eigenvalue weighted by Gasteiger charge is -2.19. The maximum Gasteiger partial charge on any atom is 0.259 e. The molecule has 2 aromatic heterocycles. The number of aromatic nitrogens is 2. The smallest absolute Gasteiger partial charge is 0.259 e. The first-order valence-corrected chi connectivity index (χ1v) is 9.02. The molecular weight excluding hydrogens is 328 g/mol. The molecule has 138 valence electrons. The van der Waals surface area contributed by atoms with Crippen LogP contribution in [-0.2, 0) is 0 Å². The highest BCUT2D eigenvalue weighted by molar-refractivity contribution is 5.96. The van der Waals surface area contributed by atoms with Gasteiger partial charge in [0.2, 0.25) is 5.88 Å². The van der Waals surface area contributed by atoms with Crippen molar-refractivity contribution in [3.63, 3.8) is 0 Å². The minimum absolute atomic E-state index is 0.0236. The Balaban J connectivity index is 1.78. The highest BCUT2D eigenvalue weighted by atomic mass is 16.5. The minimum atomic E-state index is -0.0236. The van der Waals surface area contributed by atoms with Gasteiger partial charge in [0.05, 0.1) is 6.61 Å². The molecule has 1 atom stereocenters. The van der Waals surface area contributed by atoms with E-state index >= 15 is 0 Å². The van der Waals surface area contributed by atoms with Gasteiger partial charge >= 0.3 is 0 Å². The fourth-order valence-electron chi connectivity index (χ4n) is 3.30. The number of likely N-dealkylation sites (tertiary alicyclic amines) is 1. The van der Waals surface area contributed by atoms with Crippen LogP contribution in [0.5, 0.6) is 5.88 Å². The van der Waals surface area contributed by atoms with Gasteiger partial charge in [0, 0.05) is 56.4 Å². The van der Waals surface area contributed by atoms with Crippen LogP contribution in [0.4, 0.5) is 5.69 Å². The molecule has 0 radical (unpaired) electrons. The molecule has 2 aromatic rings. The molecule has 3 rings (SSSR count). The van der Waals surface area contributed by atoms with Gasteiger partial charge in [-0.1, -0.05) is 0 Å². The Morgan fingerprint density at radius 3 is 2.92 bits per heavy atom. The number of carbonyl (C=O) groups is 1. The number of anilines is 1. The molecule has 0 saturated carbocycles. The highest BCUT2D eigenvalue weighted by Gasteiger charge is 2.30. The Labute approximate surface area is 154 Å². The molecule has 1 amide bonds. The molecule has 0 aromatic carbocycles. The van der Waals surface area contributed by atoms with Gasteiger partial charge in [0.1, 0.15) is 5.56 Å². The van der Waals surface area contributed by atoms with Crippen molar-refractivity contribution in [1.82, 2.24) is 14.9 Å². The lowest BCUT2D eigenvalue weighted by molar-refractivity contribution is 0.0785. The third kappa shape index (κ3) is 3.79. The maximum atomic E-state index is 12.9. The zero-order valence-corrected chi connectivity index (χ0v) is 15.9. The van der Waals surface area contributed by atoms with Crippen molar-refractivity contribution in [3.05, 3.63) is 47.4 Å². The first-order valence-electron chi connectivity index (χ1n) is 9.02. The number of hydrogen-bond acceptors (Lipinski definition) is 5. The lowest BCUT2D eigenvalue weighted by atomic mass is 10.0. The zero-order valence-electron chi connectivity index (χ0n) is 15.9. The van der Waals surface area contributed by atoms with Crippen LogP contribution < -0.4 is 9.64 Å². The first-order chi connectivity index (χ1) is 12.5. The molecule has 26 heavy (non-hydrogen) atoms. The fraction of sp³-hybridized carbons (Fsp3) is 0.450. The number of ether oxygens (including phenoxy) is 1. The van der Waals surface area contributed by atoms with Gasteiger partial charge in [-0.05, 0) is 44.5 Å². The number of nitrogens with zero attached hydrogens (tertiary/aromatic N) is 4. The first kappa shape index (κ1) is 18.2. The van der Waals surface area contributed by atoms with Crippen molar-refractivity contribution in [1.29, 1.82) is 0 Å². The van der Waals surface area contributed by atoms with E-state index in [1.165, 1.54) is 0 Å². The molecule has 0 bridgehead atoms. The molecule has 0 N–H and O–H groups in total. The number of pyridine rings is 2. The van der Waals surface area contributed by atoms with Crippen LogP contribution in [0.1, 0.15) is 41.0 Å². The van der Waals surface area contributed by atoms with Crippen LogP contribution in [-0.4, -0.2) is 54.6 Å². The molecule has 6 heteroatoms. The molecule has 1 fully saturated rings. The summed E-state index contributed by atoms with van der Waals surface area (Å²) in [6.45, 7) is 5.78. The second-order valence-corrected chi connectivity index (χ2v) is 6.81. The Hall–Kier alpha value is -2.63. The van der Waals surface area contributed by atoms with Crippen molar-refractivity contribution in [2.45, 2.75) is 26.2 Å². The molecule has 1 unspecified atom stereocenters. The van der Waals surface area contributed by atoms with Gasteiger partial charge in [0.25, 0.3) is 5.91 Å². The second-order valence-electron chi connectivity index (χ2n) is 6.81. The predicted octanol–water partition coefficient (Wildman–Crippen LogP) is 2.88. The molecule has 0 aliphatic carbocycles. The largest absolute Gasteiger partial charge is 0.477 e. The quantitative estimate of drug-likeness (QED) is 0.826. The predicted molar refractivity (Wildman–Crippen MR) is 102 cm³/mol. The minimum Gasteiger partial charge on any atom is -0.477 e. The summed E-state index contributed by atoms with van der Waals surface area (Å²) in [4.78, 5) is 25.8. The maximum absolute atomic E-state index is 12.9. The Bertz CT molecular complexity index is 791. The van der Waals surface area contributed by atoms with Crippen LogP contribution in [0.25, 0.3) is 0 Å². The summed E-state index contributed by atoms with van der Waals surface area (Å²) in [5.74, 6) is 0.640. The van der Waals surface area contributed by atoms with Gasteiger partial charge in [-0.25, -0.2) is 4.98 Å². The Morgan fingerprint density at radius 2 is 2.19 bits per heavy atom. The molecule has 3 heterocycles. The topological polar surface area (TPSA) is 58.6 Å². The summed E-state index contributed by atoms with van der Waals surface area (Å²) >= 11 is 0. The van der Waals surface area contributed by atoms with E-state index in [0.717, 1.165) is 30.0 Å². The van der Waals surface area contributed by atoms with Gasteiger partial charge in [-0.3, -0.25) is 9.78 Å². The normalized spacial score (nSPS) is 16.6. The van der Waals surface area contributed by atoms with E-state index in [1.807, 2.05) is 32.8 Å². The van der Waals surface area contributed by atoms with E-state index in [0.29, 0.717) is 24.6 Å². The SMILES string of the molecule is CCOc1ncccc1C(=O)N1CCC(c2cc(N(C)C)cc(C)n2)C1. The van der Waals surface area contributed by atoms with Crippen LogP contribution >= 0.6 is 0 Å². The Morgan fingerprint density at radius 1 is 1.38 bits per heavy atom. The summed E-state index contributed by atoms with van der Waals surface area (Å²) in [5, 5.41) is 0. The van der Waals surface area contributed by atoms with E-state index in [9.17, 15) is 4.79 Å². The summed E-state index contributed by atoms with van der Waals surface area (Å²) < 4.78 is 5.51. The van der Waals surface area contributed by atoms with E-state index in [1.54, 1.807) is 18.3 Å². The third-order valence-electron chi connectivity index (χ3n) is 4.65. The number of amides is 1. The van der Waals surface area contributed by atoms with Crippen molar-refractivity contribution in [2.75, 3.05) is 38.7 Å². The highest BCUT2D eigenvalue weighted by Crippen LogP contribution is 2.30. The number of aryl methyl sites for hydroxylation is 1. The average molecular weight is 354 g/mol. The van der Waals surface area contributed by atoms with Gasteiger partial charge < -0.3 is 14.5 Å². The van der Waals surface area contributed by atoms with Gasteiger partial charge in [0.15, 0.2) is 0 Å². The summed E-state index contributed by atoms with van der Waals surface area (Å²) in [5.41, 5.74) is 3.73. The van der Waals surface area contributed by atoms with E-state index in [2.05, 4.69) is 22.0 Å². The summed E-state index contributed by atoms with van der Waals surface area (Å²) in [6, 6.07) is 7.75. The van der Waals surface area contributed by atoms with Crippen LogP contribution in [0, 0.1) is 6.92 Å². The fourth-order valence-corrected chi connectivity index (χ4v) is 3.30. The number of carbonyl (C=O) groups excluding carboxylic acids is 1. The van der Waals surface area contributed by atoms with Crippen molar-refractivity contribution < 1.29 is 9.53 Å². The average Bonchev–Trinajstić information content (AvgIpc) is 3.11. The Kier molecular flexibility index (Phi) is 5.40. The van der Waals surface area contributed by atoms with E-state index < -0.39 is 0 Å². The van der Waals surface area contributed by atoms with Crippen LogP contribution in [0.3, 0.4) is 0 Å². The van der Waals surface area contributed by atoms with Crippen molar-refractivity contribution >= 4 is 11.6 Å². The second kappa shape index (κ2) is 7.72. The molecule has 1 aliphatic heterocycles. The third-order valence-corrected chi connectivity index (χ3v) is 4.65. The standard InChI is InChI=1S/C20H26N4O2/c1-5-26-19-17(7-6-9-21-19)20(25)24-10-8-15(13-24)18-12-16(23(3)4)11-14(2)22-18/h6-7,9,11-12,15H,5,8,10,13H2,1-4H3. The van der Waals surface area contributed by atoms with Gasteiger partial charge in [-0.2, -0.15) is 0 Å². The van der Waals surface area contributed by atoms with Crippen molar-refractivity contribution in [2.24, 2.45) is 0 Å². The van der Waals surface area contributed by atoms with Crippen LogP contribution in [0.15, 0.2) is 30.5 Å². The number of hydrogen-bond donors (Lipinski definition) is 0. The molecular formula is C20H26N4O2. The monoisotopic (exact) mass is 354 g/mol. The summed E-state index contributed by atoms with van der Waals surface area (Å²) in [6.07, 6.45) is 2.56. The van der Waals surface area contributed by atoms with E-state index in [4.69, 9.17) is 9.72 Å². The number of rotatable bonds is 5.